The fourth-order valence-corrected chi connectivity index (χ4v) is 2.61. The number of esters is 1. The van der Waals surface area contributed by atoms with Gasteiger partial charge in [0.2, 0.25) is 0 Å². The maximum atomic E-state index is 12.9. The molecule has 10 heteroatoms. The lowest BCUT2D eigenvalue weighted by Gasteiger charge is -2.19. The number of rotatable bonds is 5. The van der Waals surface area contributed by atoms with Gasteiger partial charge in [0.05, 0.1) is 28.2 Å². The molecule has 0 saturated carbocycles. The number of halogens is 4. The molecule has 0 spiro atoms. The van der Waals surface area contributed by atoms with Gasteiger partial charge in [-0.1, -0.05) is 17.7 Å². The first-order valence-corrected chi connectivity index (χ1v) is 7.78. The van der Waals surface area contributed by atoms with Gasteiger partial charge >= 0.3 is 12.1 Å². The molecule has 27 heavy (non-hydrogen) atoms. The molecule has 144 valence electrons. The topological polar surface area (TPSA) is 78.7 Å². The summed E-state index contributed by atoms with van der Waals surface area (Å²) in [5.41, 5.74) is -1.99. The highest BCUT2D eigenvalue weighted by Crippen LogP contribution is 2.39. The first kappa shape index (κ1) is 20.5. The van der Waals surface area contributed by atoms with E-state index in [2.05, 4.69) is 0 Å². The van der Waals surface area contributed by atoms with Crippen LogP contribution in [0, 0.1) is 10.1 Å². The molecule has 0 amide bonds. The molecular weight excluding hydrogens is 391 g/mol. The van der Waals surface area contributed by atoms with Gasteiger partial charge in [-0.25, -0.2) is 0 Å². The monoisotopic (exact) mass is 403 g/mol. The molecule has 1 unspecified atom stereocenters. The Balaban J connectivity index is 2.67. The molecule has 0 radical (unpaired) electrons. The van der Waals surface area contributed by atoms with Crippen molar-refractivity contribution in [3.63, 3.8) is 0 Å². The maximum absolute atomic E-state index is 12.9. The van der Waals surface area contributed by atoms with Crippen LogP contribution in [0.15, 0.2) is 36.4 Å². The van der Waals surface area contributed by atoms with Crippen LogP contribution in [-0.4, -0.2) is 18.0 Å². The lowest BCUT2D eigenvalue weighted by Crippen LogP contribution is -2.14. The number of benzene rings is 2. The Bertz CT molecular complexity index is 885. The predicted molar refractivity (Wildman–Crippen MR) is 89.7 cm³/mol. The summed E-state index contributed by atoms with van der Waals surface area (Å²) < 4.78 is 48.9. The van der Waals surface area contributed by atoms with Crippen LogP contribution in [-0.2, 0) is 15.7 Å². The van der Waals surface area contributed by atoms with Gasteiger partial charge in [-0.05, 0) is 24.3 Å². The summed E-state index contributed by atoms with van der Waals surface area (Å²) >= 11 is 5.94. The minimum absolute atomic E-state index is 0.209. The van der Waals surface area contributed by atoms with E-state index in [0.29, 0.717) is 12.1 Å². The van der Waals surface area contributed by atoms with Gasteiger partial charge in [-0.15, -0.1) is 0 Å². The molecule has 1 atom stereocenters. The summed E-state index contributed by atoms with van der Waals surface area (Å²) in [4.78, 5) is 21.9. The zero-order chi connectivity index (χ0) is 20.4. The van der Waals surface area contributed by atoms with Gasteiger partial charge in [-0.3, -0.25) is 14.9 Å². The van der Waals surface area contributed by atoms with Crippen LogP contribution in [0.3, 0.4) is 0 Å². The Morgan fingerprint density at radius 2 is 1.89 bits per heavy atom. The van der Waals surface area contributed by atoms with Crippen molar-refractivity contribution in [2.24, 2.45) is 0 Å². The van der Waals surface area contributed by atoms with Crippen LogP contribution in [0.2, 0.25) is 5.02 Å². The molecule has 2 aromatic carbocycles. The number of ether oxygens (including phenoxy) is 2. The Hall–Kier alpha value is -2.81. The van der Waals surface area contributed by atoms with Crippen molar-refractivity contribution in [1.29, 1.82) is 0 Å². The number of hydrogen-bond acceptors (Lipinski definition) is 5. The number of nitro groups is 1. The van der Waals surface area contributed by atoms with E-state index in [-0.39, 0.29) is 21.9 Å². The average molecular weight is 404 g/mol. The Kier molecular flexibility index (Phi) is 5.94. The summed E-state index contributed by atoms with van der Waals surface area (Å²) in [6, 6.07) is 6.24. The highest BCUT2D eigenvalue weighted by molar-refractivity contribution is 6.32. The van der Waals surface area contributed by atoms with E-state index >= 15 is 0 Å². The lowest BCUT2D eigenvalue weighted by atomic mass is 9.97. The largest absolute Gasteiger partial charge is 0.495 e. The summed E-state index contributed by atoms with van der Waals surface area (Å²) in [7, 11) is 1.34. The van der Waals surface area contributed by atoms with Crippen molar-refractivity contribution in [3.8, 4) is 5.75 Å². The second-order valence-corrected chi connectivity index (χ2v) is 5.82. The summed E-state index contributed by atoms with van der Waals surface area (Å²) in [6.07, 6.45) is -6.08. The molecule has 0 saturated heterocycles. The summed E-state index contributed by atoms with van der Waals surface area (Å²) in [5, 5.41) is 11.6. The molecule has 6 nitrogen and oxygen atoms in total. The van der Waals surface area contributed by atoms with E-state index in [1.807, 2.05) is 0 Å². The van der Waals surface area contributed by atoms with E-state index in [1.54, 1.807) is 0 Å². The number of hydrogen-bond donors (Lipinski definition) is 0. The SMILES string of the molecule is COc1cc(C(OC(C)=O)c2ccc(C(F)(F)F)cc2[N+](=O)[O-])ccc1Cl. The van der Waals surface area contributed by atoms with Crippen molar-refractivity contribution in [3.05, 3.63) is 68.2 Å². The number of nitro benzene ring substituents is 1. The minimum Gasteiger partial charge on any atom is -0.495 e. The second kappa shape index (κ2) is 7.83. The van der Waals surface area contributed by atoms with Crippen LogP contribution < -0.4 is 4.74 Å². The number of methoxy groups -OCH3 is 1. The highest BCUT2D eigenvalue weighted by Gasteiger charge is 2.35. The molecular formula is C17H13ClF3NO5. The van der Waals surface area contributed by atoms with Crippen molar-refractivity contribution >= 4 is 23.3 Å². The van der Waals surface area contributed by atoms with E-state index in [9.17, 15) is 28.1 Å². The van der Waals surface area contributed by atoms with Gasteiger partial charge in [0.15, 0.2) is 6.10 Å². The number of alkyl halides is 3. The van der Waals surface area contributed by atoms with E-state index in [0.717, 1.165) is 13.0 Å². The highest BCUT2D eigenvalue weighted by atomic mass is 35.5. The molecule has 0 aromatic heterocycles. The fourth-order valence-electron chi connectivity index (χ4n) is 2.42. The zero-order valence-electron chi connectivity index (χ0n) is 14.0. The standard InChI is InChI=1S/C17H13ClF3NO5/c1-9(23)27-16(10-3-6-13(18)15(7-10)26-2)12-5-4-11(17(19,20)21)8-14(12)22(24)25/h3-8,16H,1-2H3. The molecule has 0 fully saturated rings. The number of nitrogens with zero attached hydrogens (tertiary/aromatic N) is 1. The van der Waals surface area contributed by atoms with Gasteiger partial charge in [0.1, 0.15) is 5.75 Å². The third-order valence-corrected chi connectivity index (χ3v) is 3.91. The van der Waals surface area contributed by atoms with Crippen molar-refractivity contribution in [2.45, 2.75) is 19.2 Å². The van der Waals surface area contributed by atoms with Crippen LogP contribution in [0.25, 0.3) is 0 Å². The zero-order valence-corrected chi connectivity index (χ0v) is 14.8. The molecule has 0 bridgehead atoms. The molecule has 0 aliphatic carbocycles. The first-order chi connectivity index (χ1) is 12.5. The van der Waals surface area contributed by atoms with Crippen molar-refractivity contribution in [1.82, 2.24) is 0 Å². The van der Waals surface area contributed by atoms with Gasteiger partial charge < -0.3 is 9.47 Å². The smallest absolute Gasteiger partial charge is 0.416 e. The third kappa shape index (κ3) is 4.68. The van der Waals surface area contributed by atoms with E-state index in [4.69, 9.17) is 21.1 Å². The van der Waals surface area contributed by atoms with Crippen LogP contribution in [0.4, 0.5) is 18.9 Å². The van der Waals surface area contributed by atoms with E-state index in [1.165, 1.54) is 25.3 Å². The van der Waals surface area contributed by atoms with E-state index < -0.39 is 34.4 Å². The molecule has 2 rings (SSSR count). The quantitative estimate of drug-likeness (QED) is 0.402. The van der Waals surface area contributed by atoms with Crippen molar-refractivity contribution in [2.75, 3.05) is 7.11 Å². The fraction of sp³-hybridized carbons (Fsp3) is 0.235. The Morgan fingerprint density at radius 3 is 2.41 bits per heavy atom. The van der Waals surface area contributed by atoms with Crippen molar-refractivity contribution < 1.29 is 32.4 Å². The van der Waals surface area contributed by atoms with Crippen LogP contribution in [0.1, 0.15) is 29.7 Å². The predicted octanol–water partition coefficient (Wildman–Crippen LogP) is 4.93. The van der Waals surface area contributed by atoms with Crippen LogP contribution in [0.5, 0.6) is 5.75 Å². The minimum atomic E-state index is -4.76. The van der Waals surface area contributed by atoms with Gasteiger partial charge in [0.25, 0.3) is 5.69 Å². The maximum Gasteiger partial charge on any atom is 0.416 e. The average Bonchev–Trinajstić information content (AvgIpc) is 2.58. The third-order valence-electron chi connectivity index (χ3n) is 3.60. The molecule has 0 aliphatic rings. The molecule has 0 N–H and O–H groups in total. The first-order valence-electron chi connectivity index (χ1n) is 7.40. The lowest BCUT2D eigenvalue weighted by molar-refractivity contribution is -0.386. The number of carbonyl (C=O) groups excluding carboxylic acids is 1. The normalized spacial score (nSPS) is 12.4. The summed E-state index contributed by atoms with van der Waals surface area (Å²) in [5.74, 6) is -0.566. The second-order valence-electron chi connectivity index (χ2n) is 5.41. The summed E-state index contributed by atoms with van der Waals surface area (Å²) in [6.45, 7) is 1.08. The Labute approximate surface area is 156 Å². The van der Waals surface area contributed by atoms with Gasteiger partial charge in [0, 0.05) is 18.6 Å². The molecule has 0 heterocycles. The van der Waals surface area contributed by atoms with Gasteiger partial charge in [-0.2, -0.15) is 13.2 Å². The number of carbonyl (C=O) groups is 1. The van der Waals surface area contributed by atoms with Crippen LogP contribution >= 0.6 is 11.6 Å². The molecule has 2 aromatic rings. The molecule has 0 aliphatic heterocycles. The Morgan fingerprint density at radius 1 is 1.22 bits per heavy atom.